The Bertz CT molecular complexity index is 1010. The Labute approximate surface area is 182 Å². The highest BCUT2D eigenvalue weighted by Crippen LogP contribution is 2.33. The highest BCUT2D eigenvalue weighted by Gasteiger charge is 2.20. The molecule has 0 unspecified atom stereocenters. The van der Waals surface area contributed by atoms with Crippen LogP contribution in [0.3, 0.4) is 0 Å². The molecule has 0 spiro atoms. The minimum atomic E-state index is -0.859. The molecule has 0 amide bonds. The molecule has 0 fully saturated rings. The van der Waals surface area contributed by atoms with Gasteiger partial charge in [0.1, 0.15) is 18.1 Å². The normalized spacial score (nSPS) is 12.4. The first kappa shape index (κ1) is 22.6. The predicted molar refractivity (Wildman–Crippen MR) is 120 cm³/mol. The molecule has 3 rings (SSSR count). The number of hydrogen-bond acceptors (Lipinski definition) is 5. The van der Waals surface area contributed by atoms with Gasteiger partial charge in [-0.25, -0.2) is 4.79 Å². The van der Waals surface area contributed by atoms with E-state index in [1.165, 1.54) is 6.92 Å². The number of aliphatic carboxylic acids is 1. The van der Waals surface area contributed by atoms with Gasteiger partial charge < -0.3 is 20.3 Å². The molecule has 2 aromatic carbocycles. The number of aromatic hydroxyl groups is 1. The molecule has 0 aromatic heterocycles. The molecule has 1 aliphatic rings. The monoisotopic (exact) mass is 423 g/mol. The zero-order valence-corrected chi connectivity index (χ0v) is 18.0. The number of carboxylic acids is 1. The quantitative estimate of drug-likeness (QED) is 0.376. The van der Waals surface area contributed by atoms with Crippen LogP contribution in [0.15, 0.2) is 35.9 Å². The second kappa shape index (κ2) is 10.3. The van der Waals surface area contributed by atoms with Crippen molar-refractivity contribution in [1.82, 2.24) is 5.32 Å². The summed E-state index contributed by atoms with van der Waals surface area (Å²) in [7, 11) is 0. The largest absolute Gasteiger partial charge is 0.507 e. The Balaban J connectivity index is 1.49. The smallest absolute Gasteiger partial charge is 0.331 e. The Kier molecular flexibility index (Phi) is 7.47. The van der Waals surface area contributed by atoms with Crippen LogP contribution in [0.5, 0.6) is 11.5 Å². The number of hydrogen-bond donors (Lipinski definition) is 3. The Hall–Kier alpha value is -3.12. The molecule has 1 aliphatic carbocycles. The fourth-order valence-electron chi connectivity index (χ4n) is 3.92. The molecule has 0 atom stereocenters. The minimum Gasteiger partial charge on any atom is -0.507 e. The summed E-state index contributed by atoms with van der Waals surface area (Å²) in [6.07, 6.45) is 4.51. The standard InChI is InChI=1S/C25H29NO5/c1-3-5-21-23(9-8-20(16(2)27)24(21)28)31-13-12-26-11-10-17-6-4-7-18-14-19(25(29)30)15-22(17)18/h4,6-9,14,26,28H,3,5,10-13,15H2,1-2H3,(H,29,30). The number of phenolic OH excluding ortho intramolecular Hbond substituents is 1. The molecule has 0 radical (unpaired) electrons. The van der Waals surface area contributed by atoms with E-state index in [9.17, 15) is 19.8 Å². The lowest BCUT2D eigenvalue weighted by Gasteiger charge is -2.15. The molecule has 31 heavy (non-hydrogen) atoms. The number of rotatable bonds is 11. The van der Waals surface area contributed by atoms with Gasteiger partial charge in [0, 0.05) is 24.1 Å². The molecule has 0 aliphatic heterocycles. The van der Waals surface area contributed by atoms with Gasteiger partial charge >= 0.3 is 5.97 Å². The van der Waals surface area contributed by atoms with Crippen molar-refractivity contribution in [2.45, 2.75) is 39.5 Å². The molecule has 0 heterocycles. The topological polar surface area (TPSA) is 95.9 Å². The van der Waals surface area contributed by atoms with Crippen molar-refractivity contribution < 1.29 is 24.5 Å². The molecule has 3 N–H and O–H groups in total. The molecule has 2 aromatic rings. The molecule has 6 nitrogen and oxygen atoms in total. The number of phenols is 1. The van der Waals surface area contributed by atoms with Crippen molar-refractivity contribution in [1.29, 1.82) is 0 Å². The maximum atomic E-state index is 11.7. The molecule has 0 saturated carbocycles. The van der Waals surface area contributed by atoms with Crippen molar-refractivity contribution in [2.75, 3.05) is 19.7 Å². The lowest BCUT2D eigenvalue weighted by atomic mass is 9.99. The van der Waals surface area contributed by atoms with Crippen LogP contribution in [-0.4, -0.2) is 41.7 Å². The molecular weight excluding hydrogens is 394 g/mol. The molecule has 164 valence electrons. The zero-order valence-electron chi connectivity index (χ0n) is 18.0. The third kappa shape index (κ3) is 5.33. The van der Waals surface area contributed by atoms with Gasteiger partial charge in [-0.15, -0.1) is 0 Å². The summed E-state index contributed by atoms with van der Waals surface area (Å²) >= 11 is 0. The van der Waals surface area contributed by atoms with E-state index in [1.54, 1.807) is 18.2 Å². The van der Waals surface area contributed by atoms with Crippen LogP contribution >= 0.6 is 0 Å². The molecule has 0 bridgehead atoms. The zero-order chi connectivity index (χ0) is 22.4. The SMILES string of the molecule is CCCc1c(OCCNCCc2cccc3c2CC(C(=O)O)=C3)ccc(C(C)=O)c1O. The van der Waals surface area contributed by atoms with Gasteiger partial charge in [-0.05, 0) is 61.2 Å². The first-order valence-corrected chi connectivity index (χ1v) is 10.7. The van der Waals surface area contributed by atoms with Crippen molar-refractivity contribution in [3.8, 4) is 11.5 Å². The second-order valence-corrected chi connectivity index (χ2v) is 7.73. The summed E-state index contributed by atoms with van der Waals surface area (Å²) in [5.41, 5.74) is 4.69. The number of carbonyl (C=O) groups is 2. The van der Waals surface area contributed by atoms with Gasteiger partial charge in [-0.2, -0.15) is 0 Å². The average Bonchev–Trinajstić information content (AvgIpc) is 3.18. The van der Waals surface area contributed by atoms with Gasteiger partial charge in [-0.3, -0.25) is 4.79 Å². The highest BCUT2D eigenvalue weighted by atomic mass is 16.5. The first-order chi connectivity index (χ1) is 14.9. The van der Waals surface area contributed by atoms with E-state index in [2.05, 4.69) is 5.32 Å². The summed E-state index contributed by atoms with van der Waals surface area (Å²) in [5.74, 6) is -0.394. The van der Waals surface area contributed by atoms with Crippen molar-refractivity contribution in [3.63, 3.8) is 0 Å². The number of nitrogens with one attached hydrogen (secondary N) is 1. The van der Waals surface area contributed by atoms with Gasteiger partial charge in [0.05, 0.1) is 5.56 Å². The van der Waals surface area contributed by atoms with E-state index in [0.717, 1.165) is 36.1 Å². The van der Waals surface area contributed by atoms with E-state index in [0.29, 0.717) is 48.4 Å². The second-order valence-electron chi connectivity index (χ2n) is 7.73. The fraction of sp³-hybridized carbons (Fsp3) is 0.360. The third-order valence-electron chi connectivity index (χ3n) is 5.51. The van der Waals surface area contributed by atoms with Crippen LogP contribution in [0.25, 0.3) is 6.08 Å². The fourth-order valence-corrected chi connectivity index (χ4v) is 3.92. The van der Waals surface area contributed by atoms with Gasteiger partial charge in [0.2, 0.25) is 0 Å². The van der Waals surface area contributed by atoms with E-state index in [1.807, 2.05) is 25.1 Å². The third-order valence-corrected chi connectivity index (χ3v) is 5.51. The van der Waals surface area contributed by atoms with Crippen molar-refractivity contribution in [3.05, 3.63) is 63.7 Å². The van der Waals surface area contributed by atoms with Crippen LogP contribution in [0.1, 0.15) is 52.9 Å². The van der Waals surface area contributed by atoms with Crippen LogP contribution in [0.4, 0.5) is 0 Å². The lowest BCUT2D eigenvalue weighted by Crippen LogP contribution is -2.24. The maximum Gasteiger partial charge on any atom is 0.331 e. The minimum absolute atomic E-state index is 0.0204. The van der Waals surface area contributed by atoms with Crippen LogP contribution in [0, 0.1) is 0 Å². The number of fused-ring (bicyclic) bond motifs is 1. The summed E-state index contributed by atoms with van der Waals surface area (Å²) in [5, 5.41) is 23.0. The summed E-state index contributed by atoms with van der Waals surface area (Å²) in [6.45, 7) is 5.27. The van der Waals surface area contributed by atoms with Crippen LogP contribution < -0.4 is 10.1 Å². The van der Waals surface area contributed by atoms with E-state index >= 15 is 0 Å². The number of ketones is 1. The van der Waals surface area contributed by atoms with E-state index < -0.39 is 5.97 Å². The van der Waals surface area contributed by atoms with E-state index in [-0.39, 0.29) is 11.5 Å². The molecule has 6 heteroatoms. The van der Waals surface area contributed by atoms with Crippen LogP contribution in [0.2, 0.25) is 0 Å². The van der Waals surface area contributed by atoms with Gasteiger partial charge in [0.25, 0.3) is 0 Å². The lowest BCUT2D eigenvalue weighted by molar-refractivity contribution is -0.132. The van der Waals surface area contributed by atoms with E-state index in [4.69, 9.17) is 4.74 Å². The number of benzene rings is 2. The van der Waals surface area contributed by atoms with Crippen LogP contribution in [-0.2, 0) is 24.1 Å². The Morgan fingerprint density at radius 2 is 1.94 bits per heavy atom. The van der Waals surface area contributed by atoms with Crippen molar-refractivity contribution in [2.24, 2.45) is 0 Å². The first-order valence-electron chi connectivity index (χ1n) is 10.7. The van der Waals surface area contributed by atoms with Crippen molar-refractivity contribution >= 4 is 17.8 Å². The number of carboxylic acid groups (broad SMARTS) is 1. The summed E-state index contributed by atoms with van der Waals surface area (Å²) < 4.78 is 5.86. The van der Waals surface area contributed by atoms with Gasteiger partial charge in [-0.1, -0.05) is 31.5 Å². The summed E-state index contributed by atoms with van der Waals surface area (Å²) in [6, 6.07) is 9.32. The average molecular weight is 424 g/mol. The van der Waals surface area contributed by atoms with Gasteiger partial charge in [0.15, 0.2) is 5.78 Å². The maximum absolute atomic E-state index is 11.7. The number of Topliss-reactive ketones (excluding diaryl/α,β-unsaturated/α-hetero) is 1. The number of carbonyl (C=O) groups excluding carboxylic acids is 1. The predicted octanol–water partition coefficient (Wildman–Crippen LogP) is 3.78. The molecular formula is C25H29NO5. The molecule has 0 saturated heterocycles. The highest BCUT2D eigenvalue weighted by molar-refractivity contribution is 5.97. The Morgan fingerprint density at radius 3 is 2.65 bits per heavy atom. The number of ether oxygens (including phenoxy) is 1. The summed E-state index contributed by atoms with van der Waals surface area (Å²) in [4.78, 5) is 22.9. The Morgan fingerprint density at radius 1 is 1.13 bits per heavy atom.